The summed E-state index contributed by atoms with van der Waals surface area (Å²) in [5, 5.41) is 4.42. The van der Waals surface area contributed by atoms with Gasteiger partial charge < -0.3 is 0 Å². The van der Waals surface area contributed by atoms with Gasteiger partial charge in [0.2, 0.25) is 0 Å². The van der Waals surface area contributed by atoms with Crippen molar-refractivity contribution in [2.24, 2.45) is 0 Å². The minimum atomic E-state index is -0.540. The van der Waals surface area contributed by atoms with Gasteiger partial charge >= 0.3 is 5.97 Å². The van der Waals surface area contributed by atoms with Crippen LogP contribution in [0.4, 0.5) is 0 Å². The van der Waals surface area contributed by atoms with Crippen molar-refractivity contribution in [3.05, 3.63) is 12.2 Å². The number of carbonyl (C=O) groups excluding carboxylic acids is 1. The highest BCUT2D eigenvalue weighted by molar-refractivity contribution is 5.81. The van der Waals surface area contributed by atoms with Crippen LogP contribution in [0.15, 0.2) is 12.2 Å². The zero-order valence-corrected chi connectivity index (χ0v) is 16.3. The summed E-state index contributed by atoms with van der Waals surface area (Å²) in [6.07, 6.45) is 18.7. The number of hydrogen-bond acceptors (Lipinski definition) is 4. The van der Waals surface area contributed by atoms with Crippen molar-refractivity contribution in [1.82, 2.24) is 0 Å². The molecule has 0 aliphatic heterocycles. The van der Waals surface area contributed by atoms with Gasteiger partial charge in [0.15, 0.2) is 0 Å². The highest BCUT2D eigenvalue weighted by atomic mass is 17.5. The highest BCUT2D eigenvalue weighted by Gasteiger charge is 2.13. The van der Waals surface area contributed by atoms with Crippen molar-refractivity contribution in [2.75, 3.05) is 0 Å². The van der Waals surface area contributed by atoms with Gasteiger partial charge in [-0.3, -0.25) is 4.89 Å². The standard InChI is InChI=1S/C20H38O4/c1-5-6-7-8-9-10-11-12-13-14-15-16-17-18-19(21)22-24-23-20(2,3)4/h17-18H,5-16H2,1-4H3. The van der Waals surface area contributed by atoms with E-state index in [1.54, 1.807) is 0 Å². The molecule has 0 bridgehead atoms. The molecule has 24 heavy (non-hydrogen) atoms. The maximum absolute atomic E-state index is 11.3. The molecule has 0 unspecified atom stereocenters. The van der Waals surface area contributed by atoms with E-state index >= 15 is 0 Å². The Balaban J connectivity index is 3.30. The van der Waals surface area contributed by atoms with Crippen molar-refractivity contribution >= 4 is 5.97 Å². The first kappa shape index (κ1) is 23.1. The van der Waals surface area contributed by atoms with Crippen LogP contribution in [0.3, 0.4) is 0 Å². The Morgan fingerprint density at radius 2 is 1.33 bits per heavy atom. The molecule has 0 atom stereocenters. The van der Waals surface area contributed by atoms with Crippen molar-refractivity contribution in [1.29, 1.82) is 0 Å². The van der Waals surface area contributed by atoms with E-state index in [9.17, 15) is 4.79 Å². The topological polar surface area (TPSA) is 44.8 Å². The van der Waals surface area contributed by atoms with Gasteiger partial charge in [0, 0.05) is 6.08 Å². The number of carbonyl (C=O) groups is 1. The Hall–Kier alpha value is -0.870. The fourth-order valence-electron chi connectivity index (χ4n) is 2.29. The molecule has 0 aromatic rings. The zero-order chi connectivity index (χ0) is 18.1. The summed E-state index contributed by atoms with van der Waals surface area (Å²) in [5.41, 5.74) is -0.500. The summed E-state index contributed by atoms with van der Waals surface area (Å²) in [6.45, 7) is 7.68. The Morgan fingerprint density at radius 3 is 1.83 bits per heavy atom. The van der Waals surface area contributed by atoms with Gasteiger partial charge in [-0.2, -0.15) is 4.89 Å². The van der Waals surface area contributed by atoms with Crippen molar-refractivity contribution in [3.63, 3.8) is 0 Å². The summed E-state index contributed by atoms with van der Waals surface area (Å²) in [7, 11) is 0. The predicted octanol–water partition coefficient (Wildman–Crippen LogP) is 6.45. The molecule has 0 aromatic carbocycles. The lowest BCUT2D eigenvalue weighted by atomic mass is 10.1. The first-order chi connectivity index (χ1) is 11.5. The van der Waals surface area contributed by atoms with Crippen LogP contribution in [0.2, 0.25) is 0 Å². The van der Waals surface area contributed by atoms with Crippen molar-refractivity contribution < 1.29 is 19.6 Å². The largest absolute Gasteiger partial charge is 0.368 e. The number of rotatable bonds is 15. The maximum atomic E-state index is 11.3. The second kappa shape index (κ2) is 15.6. The lowest BCUT2D eigenvalue weighted by Gasteiger charge is -2.14. The molecular weight excluding hydrogens is 304 g/mol. The SMILES string of the molecule is CCCCCCCCCCCCCC=CC(=O)OOOC(C)(C)C. The minimum Gasteiger partial charge on any atom is -0.264 e. The second-order valence-corrected chi connectivity index (χ2v) is 7.39. The van der Waals surface area contributed by atoms with Crippen LogP contribution in [0.1, 0.15) is 105 Å². The van der Waals surface area contributed by atoms with Gasteiger partial charge in [0.1, 0.15) is 0 Å². The van der Waals surface area contributed by atoms with Crippen LogP contribution in [0, 0.1) is 0 Å². The lowest BCUT2D eigenvalue weighted by Crippen LogP contribution is -2.20. The van der Waals surface area contributed by atoms with Crippen molar-refractivity contribution in [3.8, 4) is 0 Å². The average Bonchev–Trinajstić information content (AvgIpc) is 2.50. The van der Waals surface area contributed by atoms with Crippen LogP contribution in [-0.2, 0) is 19.6 Å². The molecule has 0 spiro atoms. The fraction of sp³-hybridized carbons (Fsp3) is 0.850. The first-order valence-electron chi connectivity index (χ1n) is 9.68. The molecule has 0 saturated heterocycles. The zero-order valence-electron chi connectivity index (χ0n) is 16.3. The van der Waals surface area contributed by atoms with E-state index < -0.39 is 11.6 Å². The second-order valence-electron chi connectivity index (χ2n) is 7.39. The Bertz CT molecular complexity index is 318. The third kappa shape index (κ3) is 19.2. The molecule has 0 N–H and O–H groups in total. The summed E-state index contributed by atoms with van der Waals surface area (Å²) in [4.78, 5) is 20.6. The number of hydrogen-bond donors (Lipinski definition) is 0. The number of unbranched alkanes of at least 4 members (excludes halogenated alkanes) is 11. The molecular formula is C20H38O4. The average molecular weight is 343 g/mol. The molecule has 0 aromatic heterocycles. The molecule has 0 saturated carbocycles. The number of allylic oxidation sites excluding steroid dienone is 1. The molecule has 0 fully saturated rings. The summed E-state index contributed by atoms with van der Waals surface area (Å²) < 4.78 is 0. The van der Waals surface area contributed by atoms with Crippen LogP contribution in [0.25, 0.3) is 0 Å². The van der Waals surface area contributed by atoms with Gasteiger partial charge in [0.25, 0.3) is 0 Å². The lowest BCUT2D eigenvalue weighted by molar-refractivity contribution is -0.513. The highest BCUT2D eigenvalue weighted by Crippen LogP contribution is 2.12. The molecule has 142 valence electrons. The monoisotopic (exact) mass is 342 g/mol. The van der Waals surface area contributed by atoms with Crippen LogP contribution in [0.5, 0.6) is 0 Å². The third-order valence-electron chi connectivity index (χ3n) is 3.63. The van der Waals surface area contributed by atoms with Gasteiger partial charge in [-0.05, 0) is 38.7 Å². The summed E-state index contributed by atoms with van der Waals surface area (Å²) in [6, 6.07) is 0. The minimum absolute atomic E-state index is 0.500. The Morgan fingerprint density at radius 1 is 0.833 bits per heavy atom. The van der Waals surface area contributed by atoms with Crippen molar-refractivity contribution in [2.45, 2.75) is 110 Å². The van der Waals surface area contributed by atoms with E-state index in [2.05, 4.69) is 16.8 Å². The predicted molar refractivity (Wildman–Crippen MR) is 98.2 cm³/mol. The van der Waals surface area contributed by atoms with E-state index in [1.807, 2.05) is 26.8 Å². The molecule has 0 radical (unpaired) electrons. The molecule has 0 aliphatic carbocycles. The van der Waals surface area contributed by atoms with E-state index in [1.165, 1.54) is 70.3 Å². The van der Waals surface area contributed by atoms with Gasteiger partial charge in [-0.1, -0.05) is 77.2 Å². The van der Waals surface area contributed by atoms with Crippen LogP contribution >= 0.6 is 0 Å². The summed E-state index contributed by atoms with van der Waals surface area (Å²) >= 11 is 0. The molecule has 0 amide bonds. The summed E-state index contributed by atoms with van der Waals surface area (Å²) in [5.74, 6) is -0.540. The van der Waals surface area contributed by atoms with E-state index in [-0.39, 0.29) is 0 Å². The molecule has 0 heterocycles. The van der Waals surface area contributed by atoms with Crippen LogP contribution < -0.4 is 0 Å². The van der Waals surface area contributed by atoms with E-state index in [0.717, 1.165) is 12.8 Å². The molecule has 4 heteroatoms. The van der Waals surface area contributed by atoms with Gasteiger partial charge in [-0.25, -0.2) is 4.79 Å². The van der Waals surface area contributed by atoms with E-state index in [0.29, 0.717) is 0 Å². The molecule has 4 nitrogen and oxygen atoms in total. The maximum Gasteiger partial charge on any atom is 0.368 e. The Labute approximate surface area is 148 Å². The van der Waals surface area contributed by atoms with E-state index in [4.69, 9.17) is 4.89 Å². The Kier molecular flexibility index (Phi) is 15.1. The fourth-order valence-corrected chi connectivity index (χ4v) is 2.29. The van der Waals surface area contributed by atoms with Crippen LogP contribution in [-0.4, -0.2) is 11.6 Å². The third-order valence-corrected chi connectivity index (χ3v) is 3.63. The smallest absolute Gasteiger partial charge is 0.264 e. The quantitative estimate of drug-likeness (QED) is 0.148. The molecule has 0 aliphatic rings. The molecule has 0 rings (SSSR count). The van der Waals surface area contributed by atoms with Gasteiger partial charge in [0.05, 0.1) is 5.60 Å². The first-order valence-corrected chi connectivity index (χ1v) is 9.68. The van der Waals surface area contributed by atoms with Gasteiger partial charge in [-0.15, -0.1) is 0 Å². The normalized spacial score (nSPS) is 12.0.